The van der Waals surface area contributed by atoms with E-state index in [1.165, 1.54) is 0 Å². The van der Waals surface area contributed by atoms with Crippen molar-refractivity contribution in [2.45, 2.75) is 13.8 Å². The first kappa shape index (κ1) is 10.4. The summed E-state index contributed by atoms with van der Waals surface area (Å²) in [6, 6.07) is 0.176. The second-order valence-corrected chi connectivity index (χ2v) is 3.47. The van der Waals surface area contributed by atoms with E-state index >= 15 is 0 Å². The van der Waals surface area contributed by atoms with Crippen LogP contribution in [-0.4, -0.2) is 49.6 Å². The number of amides is 2. The molecular weight excluding hydrogens is 140 g/mol. The third kappa shape index (κ3) is 2.89. The molecule has 0 saturated heterocycles. The van der Waals surface area contributed by atoms with Crippen molar-refractivity contribution >= 4 is 6.03 Å². The summed E-state index contributed by atoms with van der Waals surface area (Å²) in [5.41, 5.74) is 0. The Morgan fingerprint density at radius 2 is 1.55 bits per heavy atom. The minimum atomic E-state index is 0.176. The molecular formula is C8H19N2O+. The number of carbonyl (C=O) groups is 1. The van der Waals surface area contributed by atoms with Crippen LogP contribution in [0.2, 0.25) is 0 Å². The van der Waals surface area contributed by atoms with E-state index in [-0.39, 0.29) is 6.03 Å². The Morgan fingerprint density at radius 3 is 1.64 bits per heavy atom. The highest BCUT2D eigenvalue weighted by Crippen LogP contribution is 2.00. The van der Waals surface area contributed by atoms with Gasteiger partial charge in [-0.2, -0.15) is 0 Å². The summed E-state index contributed by atoms with van der Waals surface area (Å²) in [6.07, 6.45) is 0. The summed E-state index contributed by atoms with van der Waals surface area (Å²) in [4.78, 5) is 13.4. The first-order chi connectivity index (χ1) is 4.93. The molecule has 0 rings (SSSR count). The molecule has 11 heavy (non-hydrogen) atoms. The van der Waals surface area contributed by atoms with E-state index in [0.29, 0.717) is 4.48 Å². The first-order valence-corrected chi connectivity index (χ1v) is 4.04. The van der Waals surface area contributed by atoms with Crippen LogP contribution in [0.1, 0.15) is 13.8 Å². The maximum atomic E-state index is 11.5. The Balaban J connectivity index is 4.22. The van der Waals surface area contributed by atoms with Gasteiger partial charge < -0.3 is 0 Å². The number of hydrogen-bond donors (Lipinski definition) is 0. The van der Waals surface area contributed by atoms with Crippen LogP contribution in [0.3, 0.4) is 0 Å². The zero-order chi connectivity index (χ0) is 9.07. The second kappa shape index (κ2) is 3.72. The average Bonchev–Trinajstić information content (AvgIpc) is 1.88. The maximum Gasteiger partial charge on any atom is 0.418 e. The molecule has 2 amide bonds. The molecule has 0 aliphatic carbocycles. The minimum absolute atomic E-state index is 0.176. The Labute approximate surface area is 69.2 Å². The van der Waals surface area contributed by atoms with Crippen molar-refractivity contribution in [1.82, 2.24) is 4.90 Å². The van der Waals surface area contributed by atoms with Crippen LogP contribution in [0.5, 0.6) is 0 Å². The van der Waals surface area contributed by atoms with Crippen LogP contribution in [0, 0.1) is 0 Å². The van der Waals surface area contributed by atoms with Crippen molar-refractivity contribution in [3.63, 3.8) is 0 Å². The third-order valence-corrected chi connectivity index (χ3v) is 1.61. The fourth-order valence-electron chi connectivity index (χ4n) is 0.918. The molecule has 0 aliphatic rings. The zero-order valence-corrected chi connectivity index (χ0v) is 8.22. The van der Waals surface area contributed by atoms with Crippen LogP contribution in [0.25, 0.3) is 0 Å². The molecule has 0 aliphatic heterocycles. The number of carbonyl (C=O) groups excluding carboxylic acids is 1. The molecule has 66 valence electrons. The van der Waals surface area contributed by atoms with E-state index in [4.69, 9.17) is 0 Å². The molecule has 0 fully saturated rings. The predicted molar refractivity (Wildman–Crippen MR) is 46.3 cm³/mol. The lowest BCUT2D eigenvalue weighted by molar-refractivity contribution is -0.790. The third-order valence-electron chi connectivity index (χ3n) is 1.61. The molecule has 0 atom stereocenters. The summed E-state index contributed by atoms with van der Waals surface area (Å²) < 4.78 is 0.377. The van der Waals surface area contributed by atoms with Gasteiger partial charge in [-0.3, -0.25) is 4.90 Å². The van der Waals surface area contributed by atoms with Gasteiger partial charge in [0.25, 0.3) is 0 Å². The highest BCUT2D eigenvalue weighted by molar-refractivity contribution is 5.66. The molecule has 0 aromatic heterocycles. The van der Waals surface area contributed by atoms with Gasteiger partial charge in [0, 0.05) is 13.1 Å². The average molecular weight is 159 g/mol. The zero-order valence-electron chi connectivity index (χ0n) is 8.22. The largest absolute Gasteiger partial charge is 0.418 e. The summed E-state index contributed by atoms with van der Waals surface area (Å²) in [5.74, 6) is 0. The van der Waals surface area contributed by atoms with Crippen molar-refractivity contribution in [2.75, 3.05) is 34.2 Å². The molecule has 0 aromatic rings. The molecule has 0 unspecified atom stereocenters. The van der Waals surface area contributed by atoms with E-state index in [0.717, 1.165) is 13.1 Å². The van der Waals surface area contributed by atoms with Crippen molar-refractivity contribution < 1.29 is 9.28 Å². The standard InChI is InChI=1S/C8H19N2O/c1-6-9(7-2)8(11)10(3,4)5/h6-7H2,1-5H3/q+1. The fraction of sp³-hybridized carbons (Fsp3) is 0.875. The van der Waals surface area contributed by atoms with Gasteiger partial charge in [-0.1, -0.05) is 0 Å². The molecule has 3 nitrogen and oxygen atoms in total. The molecule has 0 aromatic carbocycles. The molecule has 3 heteroatoms. The lowest BCUT2D eigenvalue weighted by Gasteiger charge is -2.27. The molecule has 0 N–H and O–H groups in total. The van der Waals surface area contributed by atoms with Gasteiger partial charge in [0.05, 0.1) is 21.1 Å². The van der Waals surface area contributed by atoms with Crippen molar-refractivity contribution in [3.8, 4) is 0 Å². The van der Waals surface area contributed by atoms with E-state index in [2.05, 4.69) is 0 Å². The normalized spacial score (nSPS) is 11.4. The van der Waals surface area contributed by atoms with E-state index in [1.54, 1.807) is 0 Å². The molecule has 0 bridgehead atoms. The van der Waals surface area contributed by atoms with E-state index in [9.17, 15) is 4.79 Å². The number of hydrogen-bond acceptors (Lipinski definition) is 1. The quantitative estimate of drug-likeness (QED) is 0.554. The van der Waals surface area contributed by atoms with E-state index < -0.39 is 0 Å². The Hall–Kier alpha value is -0.570. The van der Waals surface area contributed by atoms with Crippen LogP contribution < -0.4 is 0 Å². The van der Waals surface area contributed by atoms with E-state index in [1.807, 2.05) is 39.9 Å². The topological polar surface area (TPSA) is 20.3 Å². The van der Waals surface area contributed by atoms with Gasteiger partial charge in [-0.05, 0) is 13.8 Å². The summed E-state index contributed by atoms with van der Waals surface area (Å²) >= 11 is 0. The van der Waals surface area contributed by atoms with Gasteiger partial charge in [0.15, 0.2) is 0 Å². The number of quaternary nitrogens is 1. The van der Waals surface area contributed by atoms with Crippen LogP contribution in [0.4, 0.5) is 4.79 Å². The molecule has 0 saturated carbocycles. The van der Waals surface area contributed by atoms with Gasteiger partial charge in [0.2, 0.25) is 0 Å². The van der Waals surface area contributed by atoms with Gasteiger partial charge in [0.1, 0.15) is 0 Å². The van der Waals surface area contributed by atoms with Crippen molar-refractivity contribution in [2.24, 2.45) is 0 Å². The number of urea groups is 1. The van der Waals surface area contributed by atoms with Crippen LogP contribution >= 0.6 is 0 Å². The smallest absolute Gasteiger partial charge is 0.293 e. The second-order valence-electron chi connectivity index (χ2n) is 3.47. The highest BCUT2D eigenvalue weighted by Gasteiger charge is 2.25. The Morgan fingerprint density at radius 1 is 1.18 bits per heavy atom. The first-order valence-electron chi connectivity index (χ1n) is 4.04. The highest BCUT2D eigenvalue weighted by atomic mass is 16.2. The minimum Gasteiger partial charge on any atom is -0.293 e. The Bertz CT molecular complexity index is 134. The summed E-state index contributed by atoms with van der Waals surface area (Å²) in [7, 11) is 5.67. The molecule has 0 heterocycles. The molecule has 0 spiro atoms. The monoisotopic (exact) mass is 159 g/mol. The SMILES string of the molecule is CCN(CC)C(=O)[N+](C)(C)C. The number of rotatable bonds is 2. The van der Waals surface area contributed by atoms with Crippen molar-refractivity contribution in [1.29, 1.82) is 0 Å². The van der Waals surface area contributed by atoms with Gasteiger partial charge >= 0.3 is 6.03 Å². The van der Waals surface area contributed by atoms with Crippen LogP contribution in [-0.2, 0) is 0 Å². The molecule has 0 radical (unpaired) electrons. The van der Waals surface area contributed by atoms with Crippen molar-refractivity contribution in [3.05, 3.63) is 0 Å². The summed E-state index contributed by atoms with van der Waals surface area (Å²) in [6.45, 7) is 5.59. The van der Waals surface area contributed by atoms with Gasteiger partial charge in [-0.25, -0.2) is 9.28 Å². The fourth-order valence-corrected chi connectivity index (χ4v) is 0.918. The predicted octanol–water partition coefficient (Wildman–Crippen LogP) is 1.15. The maximum absolute atomic E-state index is 11.5. The Kier molecular flexibility index (Phi) is 3.52. The lowest BCUT2D eigenvalue weighted by Crippen LogP contribution is -2.50. The van der Waals surface area contributed by atoms with Crippen LogP contribution in [0.15, 0.2) is 0 Å². The lowest BCUT2D eigenvalue weighted by atomic mass is 10.5. The summed E-state index contributed by atoms with van der Waals surface area (Å²) in [5, 5.41) is 0. The number of nitrogens with zero attached hydrogens (tertiary/aromatic N) is 2. The van der Waals surface area contributed by atoms with Gasteiger partial charge in [-0.15, -0.1) is 0 Å².